The number of aromatic amines is 1. The average molecular weight is 282 g/mol. The molecule has 0 unspecified atom stereocenters. The van der Waals surface area contributed by atoms with E-state index in [0.29, 0.717) is 23.1 Å². The molecule has 0 atom stereocenters. The molecule has 1 aromatic heterocycles. The number of benzene rings is 1. The van der Waals surface area contributed by atoms with Crippen LogP contribution in [-0.4, -0.2) is 24.2 Å². The minimum absolute atomic E-state index is 0.515. The summed E-state index contributed by atoms with van der Waals surface area (Å²) in [7, 11) is 3.18. The summed E-state index contributed by atoms with van der Waals surface area (Å²) in [6.45, 7) is 2.57. The molecule has 0 fully saturated rings. The van der Waals surface area contributed by atoms with Gasteiger partial charge in [-0.3, -0.25) is 0 Å². The van der Waals surface area contributed by atoms with E-state index in [1.165, 1.54) is 0 Å². The van der Waals surface area contributed by atoms with Crippen LogP contribution < -0.4 is 14.8 Å². The molecule has 0 saturated heterocycles. The molecule has 0 bridgehead atoms. The smallest absolute Gasteiger partial charge is 0.143 e. The number of nitrogens with one attached hydrogen (secondary N) is 2. The Morgan fingerprint density at radius 2 is 2.00 bits per heavy atom. The number of H-pyrrole nitrogens is 1. The van der Waals surface area contributed by atoms with Gasteiger partial charge in [-0.15, -0.1) is 0 Å². The molecule has 0 aliphatic rings. The molecule has 0 saturated carbocycles. The second-order valence-electron chi connectivity index (χ2n) is 4.01. The molecule has 1 heterocycles. The molecule has 0 amide bonds. The zero-order chi connectivity index (χ0) is 13.8. The van der Waals surface area contributed by atoms with Gasteiger partial charge in [0.1, 0.15) is 11.5 Å². The third-order valence-corrected chi connectivity index (χ3v) is 3.15. The Morgan fingerprint density at radius 1 is 1.26 bits per heavy atom. The quantitative estimate of drug-likeness (QED) is 0.884. The number of halogens is 1. The van der Waals surface area contributed by atoms with Gasteiger partial charge in [0.2, 0.25) is 0 Å². The van der Waals surface area contributed by atoms with Crippen molar-refractivity contribution in [3.63, 3.8) is 0 Å². The van der Waals surface area contributed by atoms with Gasteiger partial charge < -0.3 is 19.8 Å². The van der Waals surface area contributed by atoms with Crippen molar-refractivity contribution in [1.29, 1.82) is 0 Å². The van der Waals surface area contributed by atoms with Crippen molar-refractivity contribution in [2.24, 2.45) is 0 Å². The summed E-state index contributed by atoms with van der Waals surface area (Å²) in [5.74, 6) is 1.27. The summed E-state index contributed by atoms with van der Waals surface area (Å²) in [5, 5.41) is 3.78. The Morgan fingerprint density at radius 3 is 2.58 bits per heavy atom. The summed E-state index contributed by atoms with van der Waals surface area (Å²) < 4.78 is 10.5. The van der Waals surface area contributed by atoms with Crippen molar-refractivity contribution in [2.75, 3.05) is 19.5 Å². The van der Waals surface area contributed by atoms with E-state index in [0.717, 1.165) is 17.1 Å². The van der Waals surface area contributed by atoms with E-state index in [1.807, 2.05) is 13.0 Å². The number of hydrogen-bond donors (Lipinski definition) is 2. The number of nitrogens with zero attached hydrogens (tertiary/aromatic N) is 1. The van der Waals surface area contributed by atoms with Crippen LogP contribution >= 0.6 is 11.6 Å². The molecule has 1 aromatic carbocycles. The highest BCUT2D eigenvalue weighted by Gasteiger charge is 2.10. The van der Waals surface area contributed by atoms with Gasteiger partial charge in [0.05, 0.1) is 43.5 Å². The van der Waals surface area contributed by atoms with Gasteiger partial charge in [0.15, 0.2) is 0 Å². The van der Waals surface area contributed by atoms with E-state index in [-0.39, 0.29) is 0 Å². The third-order valence-electron chi connectivity index (χ3n) is 2.85. The lowest BCUT2D eigenvalue weighted by Gasteiger charge is -2.13. The minimum Gasteiger partial charge on any atom is -0.495 e. The Balaban J connectivity index is 2.21. The Bertz CT molecular complexity index is 569. The number of imidazole rings is 1. The summed E-state index contributed by atoms with van der Waals surface area (Å²) >= 11 is 6.06. The largest absolute Gasteiger partial charge is 0.495 e. The standard InChI is InChI=1S/C13H16ClN3O2/c1-8-11(17-7-16-8)6-15-10-5-12(18-2)9(14)4-13(10)19-3/h4-5,7,15H,6H2,1-3H3,(H,16,17). The van der Waals surface area contributed by atoms with Crippen molar-refractivity contribution in [3.8, 4) is 11.5 Å². The van der Waals surface area contributed by atoms with Gasteiger partial charge in [0, 0.05) is 17.8 Å². The summed E-state index contributed by atoms with van der Waals surface area (Å²) in [4.78, 5) is 7.27. The molecular weight excluding hydrogens is 266 g/mol. The fourth-order valence-electron chi connectivity index (χ4n) is 1.74. The Labute approximate surface area is 116 Å². The first-order chi connectivity index (χ1) is 9.15. The van der Waals surface area contributed by atoms with Crippen molar-refractivity contribution >= 4 is 17.3 Å². The average Bonchev–Trinajstić information content (AvgIpc) is 2.82. The molecule has 0 aliphatic carbocycles. The molecule has 0 aliphatic heterocycles. The van der Waals surface area contributed by atoms with Crippen LogP contribution in [0.3, 0.4) is 0 Å². The predicted octanol–water partition coefficient (Wildman–Crippen LogP) is 3.00. The molecule has 2 aromatic rings. The molecule has 5 nitrogen and oxygen atoms in total. The molecule has 0 spiro atoms. The van der Waals surface area contributed by atoms with Crippen LogP contribution in [0.2, 0.25) is 5.02 Å². The van der Waals surface area contributed by atoms with E-state index in [4.69, 9.17) is 21.1 Å². The fourth-order valence-corrected chi connectivity index (χ4v) is 1.97. The number of ether oxygens (including phenoxy) is 2. The molecule has 19 heavy (non-hydrogen) atoms. The maximum atomic E-state index is 6.06. The lowest BCUT2D eigenvalue weighted by molar-refractivity contribution is 0.404. The third kappa shape index (κ3) is 2.93. The number of hydrogen-bond acceptors (Lipinski definition) is 4. The molecule has 102 valence electrons. The van der Waals surface area contributed by atoms with Gasteiger partial charge in [-0.05, 0) is 6.92 Å². The van der Waals surface area contributed by atoms with E-state index < -0.39 is 0 Å². The first-order valence-electron chi connectivity index (χ1n) is 5.80. The number of anilines is 1. The summed E-state index contributed by atoms with van der Waals surface area (Å²) in [6, 6.07) is 3.53. The number of aryl methyl sites for hydroxylation is 1. The molecule has 2 rings (SSSR count). The van der Waals surface area contributed by atoms with Crippen LogP contribution in [0.1, 0.15) is 11.4 Å². The second kappa shape index (κ2) is 5.84. The van der Waals surface area contributed by atoms with E-state index in [1.54, 1.807) is 26.6 Å². The van der Waals surface area contributed by atoms with Gasteiger partial charge in [-0.25, -0.2) is 4.98 Å². The zero-order valence-electron chi connectivity index (χ0n) is 11.1. The van der Waals surface area contributed by atoms with Gasteiger partial charge in [-0.2, -0.15) is 0 Å². The molecule has 0 radical (unpaired) electrons. The van der Waals surface area contributed by atoms with Crippen molar-refractivity contribution < 1.29 is 9.47 Å². The SMILES string of the molecule is COc1cc(NCc2nc[nH]c2C)c(OC)cc1Cl. The van der Waals surface area contributed by atoms with Crippen LogP contribution in [0.4, 0.5) is 5.69 Å². The van der Waals surface area contributed by atoms with Crippen molar-refractivity contribution in [2.45, 2.75) is 13.5 Å². The van der Waals surface area contributed by atoms with Gasteiger partial charge in [0.25, 0.3) is 0 Å². The van der Waals surface area contributed by atoms with Gasteiger partial charge in [-0.1, -0.05) is 11.6 Å². The maximum Gasteiger partial charge on any atom is 0.143 e. The number of aromatic nitrogens is 2. The maximum absolute atomic E-state index is 6.06. The molecule has 2 N–H and O–H groups in total. The van der Waals surface area contributed by atoms with Crippen LogP contribution in [-0.2, 0) is 6.54 Å². The topological polar surface area (TPSA) is 59.2 Å². The molecule has 6 heteroatoms. The Hall–Kier alpha value is -1.88. The first kappa shape index (κ1) is 13.5. The minimum atomic E-state index is 0.515. The van der Waals surface area contributed by atoms with E-state index >= 15 is 0 Å². The fraction of sp³-hybridized carbons (Fsp3) is 0.308. The lowest BCUT2D eigenvalue weighted by atomic mass is 10.2. The zero-order valence-corrected chi connectivity index (χ0v) is 11.8. The van der Waals surface area contributed by atoms with Crippen LogP contribution in [0.15, 0.2) is 18.5 Å². The van der Waals surface area contributed by atoms with Gasteiger partial charge >= 0.3 is 0 Å². The van der Waals surface area contributed by atoms with Crippen LogP contribution in [0.5, 0.6) is 11.5 Å². The first-order valence-corrected chi connectivity index (χ1v) is 6.17. The van der Waals surface area contributed by atoms with Crippen LogP contribution in [0, 0.1) is 6.92 Å². The summed E-state index contributed by atoms with van der Waals surface area (Å²) in [5.41, 5.74) is 2.80. The van der Waals surface area contributed by atoms with Crippen molar-refractivity contribution in [3.05, 3.63) is 34.9 Å². The molecular formula is C13H16ClN3O2. The highest BCUT2D eigenvalue weighted by Crippen LogP contribution is 2.36. The normalized spacial score (nSPS) is 10.3. The van der Waals surface area contributed by atoms with E-state index in [9.17, 15) is 0 Å². The summed E-state index contributed by atoms with van der Waals surface area (Å²) in [6.07, 6.45) is 1.67. The number of methoxy groups -OCH3 is 2. The monoisotopic (exact) mass is 281 g/mol. The number of rotatable bonds is 5. The highest BCUT2D eigenvalue weighted by molar-refractivity contribution is 6.32. The Kier molecular flexibility index (Phi) is 4.16. The van der Waals surface area contributed by atoms with Crippen LogP contribution in [0.25, 0.3) is 0 Å². The highest BCUT2D eigenvalue weighted by atomic mass is 35.5. The second-order valence-corrected chi connectivity index (χ2v) is 4.42. The predicted molar refractivity (Wildman–Crippen MR) is 75.2 cm³/mol. The lowest BCUT2D eigenvalue weighted by Crippen LogP contribution is -2.03. The van der Waals surface area contributed by atoms with Crippen molar-refractivity contribution in [1.82, 2.24) is 9.97 Å². The van der Waals surface area contributed by atoms with E-state index in [2.05, 4.69) is 15.3 Å².